The molecule has 0 aliphatic rings. The van der Waals surface area contributed by atoms with Gasteiger partial charge in [0, 0.05) is 5.56 Å². The molecule has 4 nitrogen and oxygen atoms in total. The smallest absolute Gasteiger partial charge is 0.155 e. The molecule has 0 saturated carbocycles. The van der Waals surface area contributed by atoms with Crippen molar-refractivity contribution in [3.63, 3.8) is 0 Å². The standard InChI is InChI=1S/C19H14F2N2O2/c20-14-5-2-1-4-12(14)10-23-16-7-3-6-15(21)18(16)19(22-23)17-9-8-13(11-24)25-17/h1-9,24H,10-11H2. The lowest BCUT2D eigenvalue weighted by Gasteiger charge is -2.05. The van der Waals surface area contributed by atoms with Gasteiger partial charge in [0.1, 0.15) is 29.7 Å². The Bertz CT molecular complexity index is 1050. The van der Waals surface area contributed by atoms with Crippen molar-refractivity contribution < 1.29 is 18.3 Å². The molecule has 2 aromatic carbocycles. The van der Waals surface area contributed by atoms with Gasteiger partial charge in [0.15, 0.2) is 5.76 Å². The highest BCUT2D eigenvalue weighted by molar-refractivity contribution is 5.92. The van der Waals surface area contributed by atoms with Crippen LogP contribution >= 0.6 is 0 Å². The van der Waals surface area contributed by atoms with Crippen LogP contribution in [0.1, 0.15) is 11.3 Å². The highest BCUT2D eigenvalue weighted by atomic mass is 19.1. The predicted octanol–water partition coefficient (Wildman–Crippen LogP) is 4.12. The minimum Gasteiger partial charge on any atom is -0.457 e. The summed E-state index contributed by atoms with van der Waals surface area (Å²) in [5, 5.41) is 13.9. The highest BCUT2D eigenvalue weighted by Gasteiger charge is 2.19. The first-order valence-corrected chi connectivity index (χ1v) is 7.76. The van der Waals surface area contributed by atoms with Gasteiger partial charge < -0.3 is 9.52 Å². The van der Waals surface area contributed by atoms with E-state index in [0.29, 0.717) is 33.7 Å². The average Bonchev–Trinajstić information content (AvgIpc) is 3.22. The summed E-state index contributed by atoms with van der Waals surface area (Å²) in [6.07, 6.45) is 0. The largest absolute Gasteiger partial charge is 0.457 e. The number of rotatable bonds is 4. The van der Waals surface area contributed by atoms with Crippen molar-refractivity contribution in [2.45, 2.75) is 13.2 Å². The number of nitrogens with zero attached hydrogens (tertiary/aromatic N) is 2. The fourth-order valence-corrected chi connectivity index (χ4v) is 2.86. The van der Waals surface area contributed by atoms with Gasteiger partial charge in [-0.1, -0.05) is 24.3 Å². The first-order valence-electron chi connectivity index (χ1n) is 7.76. The summed E-state index contributed by atoms with van der Waals surface area (Å²) in [7, 11) is 0. The average molecular weight is 340 g/mol. The zero-order valence-corrected chi connectivity index (χ0v) is 13.1. The molecule has 0 amide bonds. The monoisotopic (exact) mass is 340 g/mol. The van der Waals surface area contributed by atoms with Crippen molar-refractivity contribution in [3.8, 4) is 11.5 Å². The Morgan fingerprint density at radius 3 is 2.52 bits per heavy atom. The molecule has 0 aliphatic heterocycles. The number of halogens is 2. The van der Waals surface area contributed by atoms with E-state index in [1.54, 1.807) is 47.1 Å². The molecule has 0 spiro atoms. The van der Waals surface area contributed by atoms with Crippen LogP contribution in [-0.4, -0.2) is 14.9 Å². The van der Waals surface area contributed by atoms with Gasteiger partial charge in [0.25, 0.3) is 0 Å². The normalized spacial score (nSPS) is 11.3. The molecule has 0 radical (unpaired) electrons. The summed E-state index contributed by atoms with van der Waals surface area (Å²) in [4.78, 5) is 0. The molecule has 4 rings (SSSR count). The number of hydrogen-bond acceptors (Lipinski definition) is 3. The Balaban J connectivity index is 1.88. The Kier molecular flexibility index (Phi) is 3.82. The van der Waals surface area contributed by atoms with E-state index in [2.05, 4.69) is 5.10 Å². The fourth-order valence-electron chi connectivity index (χ4n) is 2.86. The topological polar surface area (TPSA) is 51.2 Å². The third-order valence-corrected chi connectivity index (χ3v) is 4.06. The minimum absolute atomic E-state index is 0.167. The van der Waals surface area contributed by atoms with Gasteiger partial charge in [-0.2, -0.15) is 5.10 Å². The molecular formula is C19H14F2N2O2. The molecule has 4 aromatic rings. The van der Waals surface area contributed by atoms with Crippen LogP contribution in [0.15, 0.2) is 59.0 Å². The van der Waals surface area contributed by atoms with E-state index >= 15 is 0 Å². The van der Waals surface area contributed by atoms with Crippen molar-refractivity contribution in [2.24, 2.45) is 0 Å². The summed E-state index contributed by atoms with van der Waals surface area (Å²) in [5.41, 5.74) is 1.32. The highest BCUT2D eigenvalue weighted by Crippen LogP contribution is 2.31. The Morgan fingerprint density at radius 1 is 0.960 bits per heavy atom. The lowest BCUT2D eigenvalue weighted by atomic mass is 10.1. The molecule has 0 saturated heterocycles. The van der Waals surface area contributed by atoms with E-state index in [9.17, 15) is 8.78 Å². The number of hydrogen-bond donors (Lipinski definition) is 1. The maximum Gasteiger partial charge on any atom is 0.155 e. The number of fused-ring (bicyclic) bond motifs is 1. The van der Waals surface area contributed by atoms with E-state index in [-0.39, 0.29) is 19.0 Å². The molecule has 25 heavy (non-hydrogen) atoms. The number of furan rings is 1. The van der Waals surface area contributed by atoms with Crippen molar-refractivity contribution in [1.82, 2.24) is 9.78 Å². The van der Waals surface area contributed by atoms with Gasteiger partial charge in [-0.3, -0.25) is 4.68 Å². The Labute approximate surface area is 141 Å². The first-order chi connectivity index (χ1) is 12.2. The molecule has 2 aromatic heterocycles. The van der Waals surface area contributed by atoms with Crippen molar-refractivity contribution in [3.05, 3.63) is 77.6 Å². The van der Waals surface area contributed by atoms with Crippen molar-refractivity contribution in [2.75, 3.05) is 0 Å². The van der Waals surface area contributed by atoms with E-state index in [0.717, 1.165) is 0 Å². The quantitative estimate of drug-likeness (QED) is 0.608. The van der Waals surface area contributed by atoms with Crippen LogP contribution in [0.2, 0.25) is 0 Å². The minimum atomic E-state index is -0.436. The maximum absolute atomic E-state index is 14.4. The molecule has 0 aliphatic carbocycles. The Hall–Kier alpha value is -2.99. The molecule has 126 valence electrons. The SMILES string of the molecule is OCc1ccc(-c2nn(Cc3ccccc3F)c3cccc(F)c23)o1. The van der Waals surface area contributed by atoms with Crippen LogP contribution < -0.4 is 0 Å². The maximum atomic E-state index is 14.4. The van der Waals surface area contributed by atoms with Crippen LogP contribution in [0.25, 0.3) is 22.4 Å². The summed E-state index contributed by atoms with van der Waals surface area (Å²) < 4.78 is 35.5. The van der Waals surface area contributed by atoms with Gasteiger partial charge in [-0.05, 0) is 30.3 Å². The van der Waals surface area contributed by atoms with Crippen LogP contribution in [0.3, 0.4) is 0 Å². The van der Waals surface area contributed by atoms with Crippen LogP contribution in [-0.2, 0) is 13.2 Å². The molecule has 0 bridgehead atoms. The Morgan fingerprint density at radius 2 is 1.76 bits per heavy atom. The van der Waals surface area contributed by atoms with Crippen LogP contribution in [0.5, 0.6) is 0 Å². The molecule has 1 N–H and O–H groups in total. The van der Waals surface area contributed by atoms with E-state index in [4.69, 9.17) is 9.52 Å². The number of benzene rings is 2. The molecule has 0 atom stereocenters. The number of aliphatic hydroxyl groups is 1. The molecule has 0 unspecified atom stereocenters. The number of aliphatic hydroxyl groups excluding tert-OH is 1. The molecule has 0 fully saturated rings. The van der Waals surface area contributed by atoms with Crippen LogP contribution in [0, 0.1) is 11.6 Å². The van der Waals surface area contributed by atoms with E-state index in [1.807, 2.05) is 0 Å². The molecule has 2 heterocycles. The molecular weight excluding hydrogens is 326 g/mol. The third kappa shape index (κ3) is 2.70. The van der Waals surface area contributed by atoms with Gasteiger partial charge in [0.2, 0.25) is 0 Å². The van der Waals surface area contributed by atoms with Gasteiger partial charge >= 0.3 is 0 Å². The summed E-state index contributed by atoms with van der Waals surface area (Å²) in [6.45, 7) is -0.0868. The predicted molar refractivity (Wildman–Crippen MR) is 88.8 cm³/mol. The van der Waals surface area contributed by atoms with Gasteiger partial charge in [-0.25, -0.2) is 8.78 Å². The summed E-state index contributed by atoms with van der Waals surface area (Å²) in [6, 6.07) is 14.3. The lowest BCUT2D eigenvalue weighted by Crippen LogP contribution is -2.03. The van der Waals surface area contributed by atoms with E-state index in [1.165, 1.54) is 12.1 Å². The zero-order chi connectivity index (χ0) is 17.4. The zero-order valence-electron chi connectivity index (χ0n) is 13.1. The second-order valence-electron chi connectivity index (χ2n) is 5.66. The molecule has 6 heteroatoms. The van der Waals surface area contributed by atoms with Gasteiger partial charge in [0.05, 0.1) is 17.4 Å². The van der Waals surface area contributed by atoms with Crippen molar-refractivity contribution >= 4 is 10.9 Å². The van der Waals surface area contributed by atoms with Gasteiger partial charge in [-0.15, -0.1) is 0 Å². The summed E-state index contributed by atoms with van der Waals surface area (Å²) >= 11 is 0. The lowest BCUT2D eigenvalue weighted by molar-refractivity contribution is 0.248. The third-order valence-electron chi connectivity index (χ3n) is 4.06. The fraction of sp³-hybridized carbons (Fsp3) is 0.105. The second kappa shape index (κ2) is 6.14. The second-order valence-corrected chi connectivity index (χ2v) is 5.66. The number of aromatic nitrogens is 2. The summed E-state index contributed by atoms with van der Waals surface area (Å²) in [5.74, 6) is -0.0616. The first kappa shape index (κ1) is 15.5. The van der Waals surface area contributed by atoms with E-state index < -0.39 is 5.82 Å². The van der Waals surface area contributed by atoms with Crippen molar-refractivity contribution in [1.29, 1.82) is 0 Å². The van der Waals surface area contributed by atoms with Crippen LogP contribution in [0.4, 0.5) is 8.78 Å².